The molecule has 7 nitrogen and oxygen atoms in total. The largest absolute Gasteiger partial charge is 0.482 e. The highest BCUT2D eigenvalue weighted by atomic mass is 16.5. The van der Waals surface area contributed by atoms with Crippen LogP contribution in [0.15, 0.2) is 42.5 Å². The standard InChI is InChI=1S/C21H22N4O3/c1-2-5-16-15-12-14(8-9-17(15)24-23-16)21(27)22-10-11-25-18-6-3-4-7-19(18)28-13-20(25)26/h3-4,6-9,12H,2,5,10-11,13H2,1H3,(H,22,27)(H,23,24). The minimum atomic E-state index is -0.167. The van der Waals surface area contributed by atoms with E-state index in [4.69, 9.17) is 4.74 Å². The second-order valence-corrected chi connectivity index (χ2v) is 6.74. The number of carbonyl (C=O) groups is 2. The van der Waals surface area contributed by atoms with Gasteiger partial charge >= 0.3 is 0 Å². The Labute approximate surface area is 162 Å². The van der Waals surface area contributed by atoms with E-state index in [-0.39, 0.29) is 18.4 Å². The van der Waals surface area contributed by atoms with Gasteiger partial charge < -0.3 is 15.0 Å². The molecule has 28 heavy (non-hydrogen) atoms. The fraction of sp³-hybridized carbons (Fsp3) is 0.286. The molecule has 2 heterocycles. The number of amides is 2. The molecule has 3 aromatic rings. The molecule has 0 atom stereocenters. The van der Waals surface area contributed by atoms with E-state index in [1.54, 1.807) is 11.0 Å². The first-order valence-corrected chi connectivity index (χ1v) is 9.44. The zero-order valence-electron chi connectivity index (χ0n) is 15.7. The van der Waals surface area contributed by atoms with Gasteiger partial charge in [-0.3, -0.25) is 14.7 Å². The van der Waals surface area contributed by atoms with Crippen molar-refractivity contribution < 1.29 is 14.3 Å². The van der Waals surface area contributed by atoms with Crippen molar-refractivity contribution in [3.63, 3.8) is 0 Å². The molecule has 0 fully saturated rings. The van der Waals surface area contributed by atoms with Gasteiger partial charge in [-0.1, -0.05) is 25.5 Å². The third-order valence-corrected chi connectivity index (χ3v) is 4.82. The highest BCUT2D eigenvalue weighted by Gasteiger charge is 2.24. The van der Waals surface area contributed by atoms with Crippen molar-refractivity contribution in [3.05, 3.63) is 53.7 Å². The second kappa shape index (κ2) is 7.72. The monoisotopic (exact) mass is 378 g/mol. The summed E-state index contributed by atoms with van der Waals surface area (Å²) < 4.78 is 5.44. The van der Waals surface area contributed by atoms with Gasteiger partial charge in [0.15, 0.2) is 6.61 Å². The summed E-state index contributed by atoms with van der Waals surface area (Å²) >= 11 is 0. The number of aromatic nitrogens is 2. The first-order valence-electron chi connectivity index (χ1n) is 9.44. The summed E-state index contributed by atoms with van der Waals surface area (Å²) in [5.74, 6) is 0.402. The SMILES string of the molecule is CCCc1[nH]nc2ccc(C(=O)NCCN3C(=O)COc4ccccc43)cc12. The maximum Gasteiger partial charge on any atom is 0.265 e. The molecule has 0 aliphatic carbocycles. The lowest BCUT2D eigenvalue weighted by atomic mass is 10.1. The van der Waals surface area contributed by atoms with E-state index >= 15 is 0 Å². The van der Waals surface area contributed by atoms with Gasteiger partial charge in [0.2, 0.25) is 0 Å². The number of nitrogens with one attached hydrogen (secondary N) is 2. The van der Waals surface area contributed by atoms with Crippen molar-refractivity contribution in [2.75, 3.05) is 24.6 Å². The highest BCUT2D eigenvalue weighted by molar-refractivity contribution is 5.99. The molecule has 0 saturated carbocycles. The Morgan fingerprint density at radius 2 is 2.14 bits per heavy atom. The number of carbonyl (C=O) groups excluding carboxylic acids is 2. The lowest BCUT2D eigenvalue weighted by Gasteiger charge is -2.29. The van der Waals surface area contributed by atoms with Crippen LogP contribution in [0.1, 0.15) is 29.4 Å². The Morgan fingerprint density at radius 3 is 3.00 bits per heavy atom. The van der Waals surface area contributed by atoms with Gasteiger partial charge in [-0.05, 0) is 36.8 Å². The summed E-state index contributed by atoms with van der Waals surface area (Å²) in [5, 5.41) is 11.2. The van der Waals surface area contributed by atoms with Crippen LogP contribution in [0.2, 0.25) is 0 Å². The molecular weight excluding hydrogens is 356 g/mol. The first-order chi connectivity index (χ1) is 13.7. The van der Waals surface area contributed by atoms with Gasteiger partial charge in [-0.15, -0.1) is 0 Å². The molecule has 0 bridgehead atoms. The molecular formula is C21H22N4O3. The number of para-hydroxylation sites is 2. The molecule has 1 aliphatic heterocycles. The number of rotatable bonds is 6. The summed E-state index contributed by atoms with van der Waals surface area (Å²) in [7, 11) is 0. The number of hydrogen-bond acceptors (Lipinski definition) is 4. The smallest absolute Gasteiger partial charge is 0.265 e. The number of aromatic amines is 1. The van der Waals surface area contributed by atoms with Crippen molar-refractivity contribution >= 4 is 28.4 Å². The Morgan fingerprint density at radius 1 is 1.29 bits per heavy atom. The number of H-pyrrole nitrogens is 1. The van der Waals surface area contributed by atoms with Gasteiger partial charge in [0, 0.05) is 29.7 Å². The van der Waals surface area contributed by atoms with Crippen LogP contribution >= 0.6 is 0 Å². The third kappa shape index (κ3) is 3.43. The minimum absolute atomic E-state index is 0.0162. The number of hydrogen-bond donors (Lipinski definition) is 2. The van der Waals surface area contributed by atoms with E-state index in [0.29, 0.717) is 24.4 Å². The molecule has 4 rings (SSSR count). The van der Waals surface area contributed by atoms with E-state index in [2.05, 4.69) is 22.4 Å². The number of benzene rings is 2. The van der Waals surface area contributed by atoms with Crippen LogP contribution in [0.5, 0.6) is 5.75 Å². The summed E-state index contributed by atoms with van der Waals surface area (Å²) in [6, 6.07) is 12.9. The van der Waals surface area contributed by atoms with Gasteiger partial charge in [-0.2, -0.15) is 5.10 Å². The molecule has 2 N–H and O–H groups in total. The van der Waals surface area contributed by atoms with E-state index in [1.807, 2.05) is 36.4 Å². The summed E-state index contributed by atoms with van der Waals surface area (Å²) in [4.78, 5) is 26.4. The van der Waals surface area contributed by atoms with Gasteiger partial charge in [0.05, 0.1) is 11.2 Å². The molecule has 2 amide bonds. The first kappa shape index (κ1) is 18.0. The Balaban J connectivity index is 1.43. The van der Waals surface area contributed by atoms with Crippen LogP contribution in [-0.2, 0) is 11.2 Å². The normalized spacial score (nSPS) is 13.3. The summed E-state index contributed by atoms with van der Waals surface area (Å²) in [5.41, 5.74) is 3.22. The van der Waals surface area contributed by atoms with Crippen LogP contribution in [0.3, 0.4) is 0 Å². The molecule has 144 valence electrons. The van der Waals surface area contributed by atoms with E-state index in [9.17, 15) is 9.59 Å². The fourth-order valence-corrected chi connectivity index (χ4v) is 3.43. The molecule has 0 radical (unpaired) electrons. The number of ether oxygens (including phenoxy) is 1. The van der Waals surface area contributed by atoms with E-state index in [0.717, 1.165) is 35.1 Å². The van der Waals surface area contributed by atoms with E-state index < -0.39 is 0 Å². The third-order valence-electron chi connectivity index (χ3n) is 4.82. The number of anilines is 1. The Hall–Kier alpha value is -3.35. The number of nitrogens with zero attached hydrogens (tertiary/aromatic N) is 2. The topological polar surface area (TPSA) is 87.3 Å². The molecule has 0 saturated heterocycles. The maximum atomic E-state index is 12.6. The van der Waals surface area contributed by atoms with Crippen molar-refractivity contribution in [1.29, 1.82) is 0 Å². The van der Waals surface area contributed by atoms with E-state index in [1.165, 1.54) is 0 Å². The molecule has 2 aromatic carbocycles. The van der Waals surface area contributed by atoms with Crippen molar-refractivity contribution in [1.82, 2.24) is 15.5 Å². The number of aryl methyl sites for hydroxylation is 1. The molecule has 7 heteroatoms. The van der Waals surface area contributed by atoms with Crippen LogP contribution in [0.4, 0.5) is 5.69 Å². The quantitative estimate of drug-likeness (QED) is 0.690. The maximum absolute atomic E-state index is 12.6. The average Bonchev–Trinajstić information content (AvgIpc) is 3.12. The highest BCUT2D eigenvalue weighted by Crippen LogP contribution is 2.31. The van der Waals surface area contributed by atoms with Gasteiger partial charge in [0.25, 0.3) is 11.8 Å². The fourth-order valence-electron chi connectivity index (χ4n) is 3.43. The minimum Gasteiger partial charge on any atom is -0.482 e. The van der Waals surface area contributed by atoms with Gasteiger partial charge in [-0.25, -0.2) is 0 Å². The second-order valence-electron chi connectivity index (χ2n) is 6.74. The summed E-state index contributed by atoms with van der Waals surface area (Å²) in [6.07, 6.45) is 1.89. The van der Waals surface area contributed by atoms with Crippen LogP contribution in [-0.4, -0.2) is 41.7 Å². The zero-order chi connectivity index (χ0) is 19.5. The van der Waals surface area contributed by atoms with Crippen LogP contribution in [0.25, 0.3) is 10.9 Å². The van der Waals surface area contributed by atoms with Crippen molar-refractivity contribution in [2.45, 2.75) is 19.8 Å². The molecule has 0 unspecified atom stereocenters. The van der Waals surface area contributed by atoms with Crippen LogP contribution in [0, 0.1) is 0 Å². The zero-order valence-corrected chi connectivity index (χ0v) is 15.7. The van der Waals surface area contributed by atoms with Gasteiger partial charge in [0.1, 0.15) is 5.75 Å². The molecule has 1 aromatic heterocycles. The Kier molecular flexibility index (Phi) is 4.97. The molecule has 1 aliphatic rings. The summed E-state index contributed by atoms with van der Waals surface area (Å²) in [6.45, 7) is 2.86. The van der Waals surface area contributed by atoms with Crippen molar-refractivity contribution in [3.8, 4) is 5.75 Å². The average molecular weight is 378 g/mol. The lowest BCUT2D eigenvalue weighted by Crippen LogP contribution is -2.43. The predicted molar refractivity (Wildman–Crippen MR) is 107 cm³/mol. The lowest BCUT2D eigenvalue weighted by molar-refractivity contribution is -0.121. The van der Waals surface area contributed by atoms with Crippen molar-refractivity contribution in [2.24, 2.45) is 0 Å². The number of fused-ring (bicyclic) bond motifs is 2. The molecule has 0 spiro atoms. The Bertz CT molecular complexity index is 1030. The van der Waals surface area contributed by atoms with Crippen LogP contribution < -0.4 is 15.0 Å². The predicted octanol–water partition coefficient (Wildman–Crippen LogP) is 2.67.